The van der Waals surface area contributed by atoms with Crippen molar-refractivity contribution in [3.63, 3.8) is 0 Å². The van der Waals surface area contributed by atoms with Gasteiger partial charge in [-0.3, -0.25) is 9.78 Å². The first-order valence-electron chi connectivity index (χ1n) is 9.65. The molecule has 0 saturated heterocycles. The quantitative estimate of drug-likeness (QED) is 0.351. The molecule has 31 heavy (non-hydrogen) atoms. The van der Waals surface area contributed by atoms with Crippen LogP contribution in [0.3, 0.4) is 0 Å². The van der Waals surface area contributed by atoms with Gasteiger partial charge in [0, 0.05) is 23.7 Å². The van der Waals surface area contributed by atoms with Crippen molar-refractivity contribution in [3.8, 4) is 17.4 Å². The highest BCUT2D eigenvalue weighted by molar-refractivity contribution is 8.00. The van der Waals surface area contributed by atoms with Crippen LogP contribution in [0.1, 0.15) is 13.3 Å². The summed E-state index contributed by atoms with van der Waals surface area (Å²) in [5, 5.41) is 19.7. The summed E-state index contributed by atoms with van der Waals surface area (Å²) in [5.74, 6) is -0.132. The minimum absolute atomic E-state index is 0.217. The van der Waals surface area contributed by atoms with Gasteiger partial charge < -0.3 is 19.7 Å². The Kier molecular flexibility index (Phi) is 6.03. The normalized spacial score (nSPS) is 11.9. The van der Waals surface area contributed by atoms with Gasteiger partial charge in [-0.15, -0.1) is 0 Å². The Hall–Kier alpha value is -3.59. The SMILES string of the molecule is CCC(Sc1c([O-])on[n+]1-c1ccc(OC)cc1)C(=O)Nc1cccc2ncccc12. The molecule has 2 aromatic carbocycles. The van der Waals surface area contributed by atoms with Crippen LogP contribution in [0, 0.1) is 0 Å². The Bertz CT molecular complexity index is 1200. The van der Waals surface area contributed by atoms with E-state index in [-0.39, 0.29) is 10.9 Å². The molecule has 1 amide bonds. The number of benzene rings is 2. The molecule has 1 N–H and O–H groups in total. The maximum Gasteiger partial charge on any atom is 0.298 e. The molecule has 0 aliphatic heterocycles. The van der Waals surface area contributed by atoms with Gasteiger partial charge in [-0.2, -0.15) is 0 Å². The third-order valence-electron chi connectivity index (χ3n) is 4.71. The molecule has 158 valence electrons. The van der Waals surface area contributed by atoms with Crippen LogP contribution in [0.15, 0.2) is 70.3 Å². The molecule has 0 fully saturated rings. The minimum atomic E-state index is -0.596. The van der Waals surface area contributed by atoms with Crippen molar-refractivity contribution in [2.45, 2.75) is 23.6 Å². The second-order valence-electron chi connectivity index (χ2n) is 6.66. The lowest BCUT2D eigenvalue weighted by Gasteiger charge is -2.14. The first-order chi connectivity index (χ1) is 15.1. The van der Waals surface area contributed by atoms with E-state index >= 15 is 0 Å². The number of hydrogen-bond acceptors (Lipinski definition) is 7. The van der Waals surface area contributed by atoms with Crippen LogP contribution in [0.25, 0.3) is 16.6 Å². The zero-order valence-corrected chi connectivity index (χ0v) is 17.8. The summed E-state index contributed by atoms with van der Waals surface area (Å²) >= 11 is 1.12. The zero-order chi connectivity index (χ0) is 21.8. The van der Waals surface area contributed by atoms with Gasteiger partial charge in [0.05, 0.1) is 28.8 Å². The Labute approximate surface area is 182 Å². The van der Waals surface area contributed by atoms with Gasteiger partial charge in [0.15, 0.2) is 5.95 Å². The number of aromatic nitrogens is 3. The number of nitrogens with one attached hydrogen (secondary N) is 1. The fourth-order valence-corrected chi connectivity index (χ4v) is 4.08. The fraction of sp³-hybridized carbons (Fsp3) is 0.182. The standard InChI is InChI=1S/C22H20N4O4S/c1-3-19(20(27)24-18-8-4-7-17-16(18)6-5-13-23-17)31-21-22(28)30-25-26(21)14-9-11-15(29-2)12-10-14/h4-13,19H,3H2,1-2H3,(H-,23,24,25,27,28). The van der Waals surface area contributed by atoms with Crippen LogP contribution in [-0.4, -0.2) is 28.5 Å². The van der Waals surface area contributed by atoms with E-state index in [4.69, 9.17) is 9.26 Å². The molecule has 2 aromatic heterocycles. The maximum absolute atomic E-state index is 13.0. The minimum Gasteiger partial charge on any atom is -0.538 e. The summed E-state index contributed by atoms with van der Waals surface area (Å²) < 4.78 is 11.4. The molecule has 2 heterocycles. The Morgan fingerprint density at radius 2 is 2.03 bits per heavy atom. The number of thioether (sulfide) groups is 1. The summed E-state index contributed by atoms with van der Waals surface area (Å²) in [5.41, 5.74) is 2.09. The van der Waals surface area contributed by atoms with Crippen LogP contribution in [0.5, 0.6) is 11.7 Å². The summed E-state index contributed by atoms with van der Waals surface area (Å²) in [6.07, 6.45) is 2.21. The van der Waals surface area contributed by atoms with Gasteiger partial charge in [0.25, 0.3) is 5.03 Å². The van der Waals surface area contributed by atoms with Crippen molar-refractivity contribution < 1.29 is 23.8 Å². The van der Waals surface area contributed by atoms with Crippen LogP contribution in [-0.2, 0) is 4.79 Å². The summed E-state index contributed by atoms with van der Waals surface area (Å²) in [6.45, 7) is 1.89. The van der Waals surface area contributed by atoms with Crippen LogP contribution in [0.2, 0.25) is 0 Å². The molecule has 1 unspecified atom stereocenters. The second-order valence-corrected chi connectivity index (χ2v) is 7.85. The molecule has 0 saturated carbocycles. The number of fused-ring (bicyclic) bond motifs is 1. The zero-order valence-electron chi connectivity index (χ0n) is 16.9. The Balaban J connectivity index is 1.58. The van der Waals surface area contributed by atoms with E-state index in [1.54, 1.807) is 37.6 Å². The molecule has 4 rings (SSSR count). The van der Waals surface area contributed by atoms with Gasteiger partial charge >= 0.3 is 0 Å². The van der Waals surface area contributed by atoms with Gasteiger partial charge in [0.2, 0.25) is 11.6 Å². The summed E-state index contributed by atoms with van der Waals surface area (Å²) in [6, 6.07) is 16.3. The number of anilines is 1. The lowest BCUT2D eigenvalue weighted by molar-refractivity contribution is -0.705. The first-order valence-corrected chi connectivity index (χ1v) is 10.5. The molecule has 0 radical (unpaired) electrons. The molecule has 0 spiro atoms. The highest BCUT2D eigenvalue weighted by Gasteiger charge is 2.28. The molecule has 8 nitrogen and oxygen atoms in total. The molecule has 4 aromatic rings. The van der Waals surface area contributed by atoms with Gasteiger partial charge in [-0.1, -0.05) is 13.0 Å². The second kappa shape index (κ2) is 9.05. The van der Waals surface area contributed by atoms with E-state index in [2.05, 4.69) is 15.6 Å². The topological polar surface area (TPSA) is 104 Å². The van der Waals surface area contributed by atoms with E-state index in [0.29, 0.717) is 23.5 Å². The molecule has 0 aliphatic rings. The van der Waals surface area contributed by atoms with Crippen molar-refractivity contribution in [1.82, 2.24) is 10.3 Å². The molecule has 0 aliphatic carbocycles. The van der Waals surface area contributed by atoms with Crippen LogP contribution < -0.4 is 19.8 Å². The van der Waals surface area contributed by atoms with Gasteiger partial charge in [0.1, 0.15) is 5.75 Å². The molecule has 0 bridgehead atoms. The molecule has 1 atom stereocenters. The largest absolute Gasteiger partial charge is 0.538 e. The lowest BCUT2D eigenvalue weighted by atomic mass is 10.1. The molecular formula is C22H20N4O4S. The maximum atomic E-state index is 13.0. The average molecular weight is 436 g/mol. The highest BCUT2D eigenvalue weighted by Crippen LogP contribution is 2.31. The first kappa shape index (κ1) is 20.7. The molecule has 9 heteroatoms. The number of carbonyl (C=O) groups is 1. The van der Waals surface area contributed by atoms with Gasteiger partial charge in [-0.25, -0.2) is 0 Å². The van der Waals surface area contributed by atoms with Crippen molar-refractivity contribution in [2.75, 3.05) is 12.4 Å². The van der Waals surface area contributed by atoms with Crippen molar-refractivity contribution >= 4 is 34.3 Å². The number of hydrogen-bond donors (Lipinski definition) is 1. The smallest absolute Gasteiger partial charge is 0.298 e. The van der Waals surface area contributed by atoms with E-state index in [0.717, 1.165) is 22.7 Å². The Morgan fingerprint density at radius 3 is 2.77 bits per heavy atom. The van der Waals surface area contributed by atoms with Crippen molar-refractivity contribution in [1.29, 1.82) is 0 Å². The van der Waals surface area contributed by atoms with Crippen molar-refractivity contribution in [3.05, 3.63) is 60.8 Å². The average Bonchev–Trinajstić information content (AvgIpc) is 3.17. The van der Waals surface area contributed by atoms with Crippen LogP contribution in [0.4, 0.5) is 5.69 Å². The van der Waals surface area contributed by atoms with E-state index in [1.165, 1.54) is 4.68 Å². The lowest BCUT2D eigenvalue weighted by Crippen LogP contribution is -2.36. The number of nitrogens with zero attached hydrogens (tertiary/aromatic N) is 3. The third-order valence-corrected chi connectivity index (χ3v) is 6.10. The van der Waals surface area contributed by atoms with Crippen molar-refractivity contribution in [2.24, 2.45) is 0 Å². The Morgan fingerprint density at radius 1 is 1.23 bits per heavy atom. The monoisotopic (exact) mass is 436 g/mol. The highest BCUT2D eigenvalue weighted by atomic mass is 32.2. The molecular weight excluding hydrogens is 416 g/mol. The number of pyridine rings is 1. The van der Waals surface area contributed by atoms with Crippen LogP contribution >= 0.6 is 11.8 Å². The predicted molar refractivity (Wildman–Crippen MR) is 114 cm³/mol. The van der Waals surface area contributed by atoms with E-state index in [1.807, 2.05) is 37.3 Å². The predicted octanol–water partition coefficient (Wildman–Crippen LogP) is 3.09. The fourth-order valence-electron chi connectivity index (χ4n) is 3.11. The number of methoxy groups -OCH3 is 1. The number of rotatable bonds is 7. The van der Waals surface area contributed by atoms with Gasteiger partial charge in [-0.05, 0) is 59.3 Å². The summed E-state index contributed by atoms with van der Waals surface area (Å²) in [7, 11) is 1.58. The summed E-state index contributed by atoms with van der Waals surface area (Å²) in [4.78, 5) is 17.3. The van der Waals surface area contributed by atoms with E-state index < -0.39 is 11.2 Å². The third kappa shape index (κ3) is 4.31. The number of ether oxygens (including phenoxy) is 1. The van der Waals surface area contributed by atoms with E-state index in [9.17, 15) is 9.90 Å². The number of carbonyl (C=O) groups excluding carboxylic acids is 1. The number of amides is 1.